The zero-order valence-electron chi connectivity index (χ0n) is 17.7. The van der Waals surface area contributed by atoms with Crippen molar-refractivity contribution in [1.29, 1.82) is 0 Å². The number of methoxy groups -OCH3 is 1. The minimum Gasteiger partial charge on any atom is -0.497 e. The fraction of sp³-hybridized carbons (Fsp3) is 0.458. The monoisotopic (exact) mass is 396 g/mol. The van der Waals surface area contributed by atoms with Gasteiger partial charge in [0.25, 0.3) is 5.91 Å². The Hall–Kier alpha value is -2.37. The van der Waals surface area contributed by atoms with Gasteiger partial charge in [-0.25, -0.2) is 0 Å². The summed E-state index contributed by atoms with van der Waals surface area (Å²) in [5.41, 5.74) is 2.78. The molecular formula is C24H32N2O3. The van der Waals surface area contributed by atoms with Gasteiger partial charge in [-0.2, -0.15) is 0 Å². The van der Waals surface area contributed by atoms with Crippen molar-refractivity contribution in [1.82, 2.24) is 9.80 Å². The third-order valence-corrected chi connectivity index (χ3v) is 5.49. The van der Waals surface area contributed by atoms with Crippen LogP contribution in [0.4, 0.5) is 0 Å². The first kappa shape index (κ1) is 21.3. The highest BCUT2D eigenvalue weighted by Gasteiger charge is 2.30. The van der Waals surface area contributed by atoms with Crippen LogP contribution in [0.15, 0.2) is 48.5 Å². The number of rotatable bonds is 7. The Bertz CT molecular complexity index is 804. The van der Waals surface area contributed by atoms with Gasteiger partial charge in [0.2, 0.25) is 0 Å². The number of nitrogens with zero attached hydrogens (tertiary/aromatic N) is 2. The maximum atomic E-state index is 13.2. The van der Waals surface area contributed by atoms with Gasteiger partial charge >= 0.3 is 0 Å². The predicted octanol–water partition coefficient (Wildman–Crippen LogP) is 3.53. The Morgan fingerprint density at radius 1 is 1.14 bits per heavy atom. The number of aliphatic hydroxyl groups is 1. The summed E-state index contributed by atoms with van der Waals surface area (Å²) < 4.78 is 5.23. The second-order valence-corrected chi connectivity index (χ2v) is 8.12. The maximum Gasteiger partial charge on any atom is 0.253 e. The van der Waals surface area contributed by atoms with Crippen molar-refractivity contribution in [3.05, 3.63) is 54.1 Å². The molecule has 156 valence electrons. The minimum atomic E-state index is 0.0625. The summed E-state index contributed by atoms with van der Waals surface area (Å²) in [6.45, 7) is 7.80. The first-order valence-corrected chi connectivity index (χ1v) is 10.4. The topological polar surface area (TPSA) is 53.0 Å². The van der Waals surface area contributed by atoms with Gasteiger partial charge in [0, 0.05) is 44.4 Å². The van der Waals surface area contributed by atoms with Crippen molar-refractivity contribution < 1.29 is 14.6 Å². The normalized spacial score (nSPS) is 17.6. The number of hydrogen-bond donors (Lipinski definition) is 1. The molecule has 0 radical (unpaired) electrons. The molecule has 0 aromatic heterocycles. The summed E-state index contributed by atoms with van der Waals surface area (Å²) in [5.74, 6) is 1.45. The summed E-state index contributed by atoms with van der Waals surface area (Å²) >= 11 is 0. The van der Waals surface area contributed by atoms with Gasteiger partial charge in [-0.15, -0.1) is 0 Å². The fourth-order valence-corrected chi connectivity index (χ4v) is 4.01. The molecule has 0 saturated carbocycles. The highest BCUT2D eigenvalue weighted by Crippen LogP contribution is 2.24. The van der Waals surface area contributed by atoms with Crippen molar-refractivity contribution in [2.24, 2.45) is 5.92 Å². The summed E-state index contributed by atoms with van der Waals surface area (Å²) in [6.07, 6.45) is 0.697. The lowest BCUT2D eigenvalue weighted by molar-refractivity contribution is 0.0384. The molecule has 1 unspecified atom stereocenters. The smallest absolute Gasteiger partial charge is 0.253 e. The van der Waals surface area contributed by atoms with Crippen molar-refractivity contribution in [3.8, 4) is 16.9 Å². The van der Waals surface area contributed by atoms with Crippen molar-refractivity contribution >= 4 is 5.91 Å². The molecule has 1 atom stereocenters. The number of benzene rings is 2. The molecule has 2 aromatic carbocycles. The number of ether oxygens (including phenoxy) is 1. The van der Waals surface area contributed by atoms with Gasteiger partial charge in [-0.05, 0) is 47.7 Å². The van der Waals surface area contributed by atoms with E-state index in [9.17, 15) is 9.90 Å². The molecule has 2 aromatic rings. The van der Waals surface area contributed by atoms with Gasteiger partial charge in [-0.1, -0.05) is 38.1 Å². The highest BCUT2D eigenvalue weighted by atomic mass is 16.5. The lowest BCUT2D eigenvalue weighted by Crippen LogP contribution is -2.55. The van der Waals surface area contributed by atoms with E-state index in [-0.39, 0.29) is 18.6 Å². The highest BCUT2D eigenvalue weighted by molar-refractivity contribution is 5.95. The summed E-state index contributed by atoms with van der Waals surface area (Å²) in [7, 11) is 1.65. The number of carbonyl (C=O) groups excluding carboxylic acids is 1. The van der Waals surface area contributed by atoms with Gasteiger partial charge in [-0.3, -0.25) is 9.69 Å². The number of amides is 1. The second-order valence-electron chi connectivity index (χ2n) is 8.12. The Kier molecular flexibility index (Phi) is 7.29. The summed E-state index contributed by atoms with van der Waals surface area (Å²) in [4.78, 5) is 17.5. The van der Waals surface area contributed by atoms with Crippen LogP contribution in [0, 0.1) is 5.92 Å². The maximum absolute atomic E-state index is 13.2. The molecule has 0 bridgehead atoms. The number of aliphatic hydroxyl groups excluding tert-OH is 1. The van der Waals surface area contributed by atoms with Crippen molar-refractivity contribution in [3.63, 3.8) is 0 Å². The van der Waals surface area contributed by atoms with Gasteiger partial charge in [0.1, 0.15) is 5.75 Å². The SMILES string of the molecule is COc1ccc(-c2cccc(C(=O)N3CCN(CC(C)C)C(CCO)C3)c2)cc1. The Morgan fingerprint density at radius 3 is 2.55 bits per heavy atom. The Balaban J connectivity index is 1.74. The molecule has 0 spiro atoms. The number of carbonyl (C=O) groups is 1. The average Bonchev–Trinajstić information content (AvgIpc) is 2.74. The third kappa shape index (κ3) is 5.37. The first-order valence-electron chi connectivity index (χ1n) is 10.4. The van der Waals surface area contributed by atoms with Crippen LogP contribution in [-0.4, -0.2) is 66.8 Å². The largest absolute Gasteiger partial charge is 0.497 e. The lowest BCUT2D eigenvalue weighted by atomic mass is 10.0. The van der Waals surface area contributed by atoms with E-state index in [1.54, 1.807) is 7.11 Å². The molecule has 1 fully saturated rings. The Labute approximate surface area is 173 Å². The van der Waals surface area contributed by atoms with E-state index in [0.29, 0.717) is 24.4 Å². The fourth-order valence-electron chi connectivity index (χ4n) is 4.01. The van der Waals surface area contributed by atoms with E-state index in [2.05, 4.69) is 18.7 Å². The quantitative estimate of drug-likeness (QED) is 0.778. The van der Waals surface area contributed by atoms with E-state index < -0.39 is 0 Å². The zero-order valence-corrected chi connectivity index (χ0v) is 17.7. The van der Waals surface area contributed by atoms with Crippen LogP contribution in [-0.2, 0) is 0 Å². The molecule has 0 aliphatic carbocycles. The molecule has 1 saturated heterocycles. The molecule has 3 rings (SSSR count). The molecule has 1 aliphatic heterocycles. The minimum absolute atomic E-state index is 0.0625. The molecule has 5 nitrogen and oxygen atoms in total. The third-order valence-electron chi connectivity index (χ3n) is 5.49. The standard InChI is InChI=1S/C24H32N2O3/c1-18(2)16-25-12-13-26(17-22(25)11-14-27)24(28)21-6-4-5-20(15-21)19-7-9-23(29-3)10-8-19/h4-10,15,18,22,27H,11-14,16-17H2,1-3H3. The van der Waals surface area contributed by atoms with Crippen LogP contribution in [0.2, 0.25) is 0 Å². The van der Waals surface area contributed by atoms with Crippen LogP contribution in [0.25, 0.3) is 11.1 Å². The Morgan fingerprint density at radius 2 is 1.90 bits per heavy atom. The average molecular weight is 397 g/mol. The van der Waals surface area contributed by atoms with E-state index in [1.807, 2.05) is 53.4 Å². The number of piperazine rings is 1. The summed E-state index contributed by atoms with van der Waals surface area (Å²) in [6, 6.07) is 15.9. The molecule has 29 heavy (non-hydrogen) atoms. The molecule has 1 amide bonds. The van der Waals surface area contributed by atoms with Crippen LogP contribution >= 0.6 is 0 Å². The van der Waals surface area contributed by atoms with Crippen LogP contribution < -0.4 is 4.74 Å². The van der Waals surface area contributed by atoms with Gasteiger partial charge in [0.15, 0.2) is 0 Å². The van der Waals surface area contributed by atoms with E-state index in [1.165, 1.54) is 0 Å². The van der Waals surface area contributed by atoms with Crippen molar-refractivity contribution in [2.75, 3.05) is 39.9 Å². The molecule has 1 N–H and O–H groups in total. The van der Waals surface area contributed by atoms with Crippen LogP contribution in [0.1, 0.15) is 30.6 Å². The van der Waals surface area contributed by atoms with E-state index >= 15 is 0 Å². The zero-order chi connectivity index (χ0) is 20.8. The van der Waals surface area contributed by atoms with Crippen molar-refractivity contribution in [2.45, 2.75) is 26.3 Å². The second kappa shape index (κ2) is 9.90. The predicted molar refractivity (Wildman–Crippen MR) is 116 cm³/mol. The molecule has 5 heteroatoms. The van der Waals surface area contributed by atoms with E-state index in [4.69, 9.17) is 4.74 Å². The summed E-state index contributed by atoms with van der Waals surface area (Å²) in [5, 5.41) is 9.47. The van der Waals surface area contributed by atoms with E-state index in [0.717, 1.165) is 36.5 Å². The van der Waals surface area contributed by atoms with Gasteiger partial charge < -0.3 is 14.7 Å². The van der Waals surface area contributed by atoms with Crippen LogP contribution in [0.3, 0.4) is 0 Å². The lowest BCUT2D eigenvalue weighted by Gasteiger charge is -2.42. The molecule has 1 aliphatic rings. The van der Waals surface area contributed by atoms with Gasteiger partial charge in [0.05, 0.1) is 7.11 Å². The first-order chi connectivity index (χ1) is 14.0. The van der Waals surface area contributed by atoms with Crippen LogP contribution in [0.5, 0.6) is 5.75 Å². The molecule has 1 heterocycles. The number of hydrogen-bond acceptors (Lipinski definition) is 4. The molecular weight excluding hydrogens is 364 g/mol.